The van der Waals surface area contributed by atoms with Crippen molar-refractivity contribution in [1.82, 2.24) is 14.9 Å². The number of fused-ring (bicyclic) bond motifs is 1. The van der Waals surface area contributed by atoms with Crippen LogP contribution in [0.3, 0.4) is 0 Å². The van der Waals surface area contributed by atoms with Gasteiger partial charge in [-0.25, -0.2) is 13.4 Å². The van der Waals surface area contributed by atoms with Crippen molar-refractivity contribution in [2.45, 2.75) is 37.8 Å². The van der Waals surface area contributed by atoms with Gasteiger partial charge in [0.1, 0.15) is 12.4 Å². The van der Waals surface area contributed by atoms with Gasteiger partial charge < -0.3 is 9.88 Å². The lowest BCUT2D eigenvalue weighted by Gasteiger charge is -2.13. The number of para-hydroxylation sites is 2. The zero-order valence-electron chi connectivity index (χ0n) is 12.7. The number of hydrogen-bond donors (Lipinski definition) is 1. The molecule has 1 saturated heterocycles. The third-order valence-electron chi connectivity index (χ3n) is 4.53. The SMILES string of the molecule is O=C(Cn1c(C2CC2)nc2ccccc21)N[C@@H]1CCS(=O)(=O)C1. The summed E-state index contributed by atoms with van der Waals surface area (Å²) < 4.78 is 25.0. The summed E-state index contributed by atoms with van der Waals surface area (Å²) in [5.41, 5.74) is 1.87. The van der Waals surface area contributed by atoms with Gasteiger partial charge in [0.2, 0.25) is 5.91 Å². The van der Waals surface area contributed by atoms with Gasteiger partial charge in [-0.2, -0.15) is 0 Å². The maximum Gasteiger partial charge on any atom is 0.240 e. The molecule has 2 heterocycles. The molecule has 0 bridgehead atoms. The third-order valence-corrected chi connectivity index (χ3v) is 6.29. The molecule has 2 aliphatic rings. The highest BCUT2D eigenvalue weighted by Crippen LogP contribution is 2.40. The van der Waals surface area contributed by atoms with Crippen LogP contribution in [0.5, 0.6) is 0 Å². The van der Waals surface area contributed by atoms with Crippen molar-refractivity contribution in [3.8, 4) is 0 Å². The Morgan fingerprint density at radius 1 is 1.26 bits per heavy atom. The molecule has 122 valence electrons. The van der Waals surface area contributed by atoms with E-state index in [1.807, 2.05) is 28.8 Å². The number of imidazole rings is 1. The van der Waals surface area contributed by atoms with Crippen LogP contribution in [-0.2, 0) is 21.2 Å². The van der Waals surface area contributed by atoms with E-state index in [1.165, 1.54) is 0 Å². The van der Waals surface area contributed by atoms with Crippen LogP contribution >= 0.6 is 0 Å². The molecule has 0 radical (unpaired) electrons. The number of benzene rings is 1. The Bertz CT molecular complexity index is 868. The van der Waals surface area contributed by atoms with Crippen molar-refractivity contribution in [3.63, 3.8) is 0 Å². The maximum absolute atomic E-state index is 12.4. The van der Waals surface area contributed by atoms with E-state index in [0.717, 1.165) is 29.7 Å². The number of amides is 1. The first-order chi connectivity index (χ1) is 11.0. The van der Waals surface area contributed by atoms with Gasteiger partial charge in [-0.3, -0.25) is 4.79 Å². The van der Waals surface area contributed by atoms with E-state index in [9.17, 15) is 13.2 Å². The van der Waals surface area contributed by atoms with Crippen molar-refractivity contribution < 1.29 is 13.2 Å². The lowest BCUT2D eigenvalue weighted by molar-refractivity contribution is -0.122. The average Bonchev–Trinajstić information content (AvgIpc) is 3.21. The Balaban J connectivity index is 1.55. The Kier molecular flexibility index (Phi) is 3.41. The Hall–Kier alpha value is -1.89. The van der Waals surface area contributed by atoms with Gasteiger partial charge in [0, 0.05) is 12.0 Å². The highest BCUT2D eigenvalue weighted by molar-refractivity contribution is 7.91. The molecular weight excluding hydrogens is 314 g/mol. The molecule has 1 aromatic heterocycles. The predicted octanol–water partition coefficient (Wildman–Crippen LogP) is 1.22. The smallest absolute Gasteiger partial charge is 0.240 e. The molecule has 1 atom stereocenters. The molecule has 2 fully saturated rings. The summed E-state index contributed by atoms with van der Waals surface area (Å²) in [6.07, 6.45) is 2.74. The Morgan fingerprint density at radius 2 is 2.04 bits per heavy atom. The molecule has 1 aromatic carbocycles. The van der Waals surface area contributed by atoms with Crippen molar-refractivity contribution in [2.24, 2.45) is 0 Å². The minimum atomic E-state index is -2.98. The van der Waals surface area contributed by atoms with Gasteiger partial charge in [-0.1, -0.05) is 12.1 Å². The molecule has 1 aliphatic heterocycles. The van der Waals surface area contributed by atoms with E-state index in [-0.39, 0.29) is 30.0 Å². The van der Waals surface area contributed by atoms with E-state index in [1.54, 1.807) is 0 Å². The second kappa shape index (κ2) is 5.33. The van der Waals surface area contributed by atoms with Crippen LogP contribution < -0.4 is 5.32 Å². The molecule has 1 amide bonds. The molecule has 2 aromatic rings. The van der Waals surface area contributed by atoms with Crippen LogP contribution in [0.2, 0.25) is 0 Å². The van der Waals surface area contributed by atoms with Crippen LogP contribution in [-0.4, -0.2) is 41.4 Å². The quantitative estimate of drug-likeness (QED) is 0.912. The first-order valence-electron chi connectivity index (χ1n) is 7.97. The molecular formula is C16H19N3O3S. The molecule has 0 spiro atoms. The first kappa shape index (κ1) is 14.7. The maximum atomic E-state index is 12.4. The Morgan fingerprint density at radius 3 is 2.74 bits per heavy atom. The summed E-state index contributed by atoms with van der Waals surface area (Å²) in [6, 6.07) is 7.56. The summed E-state index contributed by atoms with van der Waals surface area (Å²) in [5.74, 6) is 1.50. The first-order valence-corrected chi connectivity index (χ1v) is 9.79. The highest BCUT2D eigenvalue weighted by Gasteiger charge is 2.31. The summed E-state index contributed by atoms with van der Waals surface area (Å²) in [7, 11) is -2.98. The predicted molar refractivity (Wildman–Crippen MR) is 86.9 cm³/mol. The number of nitrogens with zero attached hydrogens (tertiary/aromatic N) is 2. The monoisotopic (exact) mass is 333 g/mol. The second-order valence-electron chi connectivity index (χ2n) is 6.49. The standard InChI is InChI=1S/C16H19N3O3S/c20-15(17-12-7-8-23(21,22)10-12)9-19-14-4-2-1-3-13(14)18-16(19)11-5-6-11/h1-4,11-12H,5-10H2,(H,17,20)/t12-/m1/s1. The minimum Gasteiger partial charge on any atom is -0.351 e. The van der Waals surface area contributed by atoms with E-state index in [0.29, 0.717) is 12.3 Å². The number of nitrogens with one attached hydrogen (secondary N) is 1. The summed E-state index contributed by atoms with van der Waals surface area (Å²) in [6.45, 7) is 0.197. The van der Waals surface area contributed by atoms with Crippen molar-refractivity contribution in [2.75, 3.05) is 11.5 Å². The van der Waals surface area contributed by atoms with Gasteiger partial charge in [0.15, 0.2) is 9.84 Å². The van der Waals surface area contributed by atoms with Crippen LogP contribution in [0, 0.1) is 0 Å². The van der Waals surface area contributed by atoms with E-state index >= 15 is 0 Å². The van der Waals surface area contributed by atoms with Crippen LogP contribution in [0.4, 0.5) is 0 Å². The normalized spacial score (nSPS) is 23.2. The summed E-state index contributed by atoms with van der Waals surface area (Å²) >= 11 is 0. The fourth-order valence-electron chi connectivity index (χ4n) is 3.24. The minimum absolute atomic E-state index is 0.0545. The van der Waals surface area contributed by atoms with Crippen LogP contribution in [0.25, 0.3) is 11.0 Å². The molecule has 1 aliphatic carbocycles. The van der Waals surface area contributed by atoms with Gasteiger partial charge in [-0.15, -0.1) is 0 Å². The highest BCUT2D eigenvalue weighted by atomic mass is 32.2. The van der Waals surface area contributed by atoms with E-state index < -0.39 is 9.84 Å². The van der Waals surface area contributed by atoms with Gasteiger partial charge >= 0.3 is 0 Å². The number of carbonyl (C=O) groups excluding carboxylic acids is 1. The van der Waals surface area contributed by atoms with Crippen LogP contribution in [0.15, 0.2) is 24.3 Å². The molecule has 1 saturated carbocycles. The summed E-state index contributed by atoms with van der Waals surface area (Å²) in [5, 5.41) is 2.86. The molecule has 7 heteroatoms. The largest absolute Gasteiger partial charge is 0.351 e. The molecule has 6 nitrogen and oxygen atoms in total. The zero-order valence-corrected chi connectivity index (χ0v) is 13.6. The van der Waals surface area contributed by atoms with Gasteiger partial charge in [0.05, 0.1) is 22.5 Å². The Labute approximate surface area is 134 Å². The number of aromatic nitrogens is 2. The van der Waals surface area contributed by atoms with Gasteiger partial charge in [-0.05, 0) is 31.4 Å². The lowest BCUT2D eigenvalue weighted by Crippen LogP contribution is -2.37. The molecule has 4 rings (SSSR count). The fraction of sp³-hybridized carbons (Fsp3) is 0.500. The van der Waals surface area contributed by atoms with Crippen molar-refractivity contribution in [1.29, 1.82) is 0 Å². The molecule has 1 N–H and O–H groups in total. The van der Waals surface area contributed by atoms with Crippen molar-refractivity contribution in [3.05, 3.63) is 30.1 Å². The fourth-order valence-corrected chi connectivity index (χ4v) is 4.91. The van der Waals surface area contributed by atoms with E-state index in [2.05, 4.69) is 10.3 Å². The molecule has 23 heavy (non-hydrogen) atoms. The number of rotatable bonds is 4. The van der Waals surface area contributed by atoms with Gasteiger partial charge in [0.25, 0.3) is 0 Å². The lowest BCUT2D eigenvalue weighted by atomic mass is 10.2. The summed E-state index contributed by atoms with van der Waals surface area (Å²) in [4.78, 5) is 17.0. The number of sulfone groups is 1. The molecule has 0 unspecified atom stereocenters. The van der Waals surface area contributed by atoms with E-state index in [4.69, 9.17) is 0 Å². The third kappa shape index (κ3) is 2.97. The topological polar surface area (TPSA) is 81.1 Å². The van der Waals surface area contributed by atoms with Crippen LogP contribution in [0.1, 0.15) is 31.0 Å². The number of hydrogen-bond acceptors (Lipinski definition) is 4. The second-order valence-corrected chi connectivity index (χ2v) is 8.72. The van der Waals surface area contributed by atoms with Crippen molar-refractivity contribution >= 4 is 26.8 Å². The number of carbonyl (C=O) groups is 1. The zero-order chi connectivity index (χ0) is 16.0. The average molecular weight is 333 g/mol.